The fourth-order valence-electron chi connectivity index (χ4n) is 2.50. The highest BCUT2D eigenvalue weighted by Crippen LogP contribution is 2.25. The van der Waals surface area contributed by atoms with Gasteiger partial charge in [-0.2, -0.15) is 9.97 Å². The molecule has 0 aliphatic carbocycles. The summed E-state index contributed by atoms with van der Waals surface area (Å²) < 4.78 is 16.3. The van der Waals surface area contributed by atoms with E-state index in [4.69, 9.17) is 26.4 Å². The maximum absolute atomic E-state index is 5.90. The molecule has 144 valence electrons. The summed E-state index contributed by atoms with van der Waals surface area (Å²) in [5.41, 5.74) is 0. The van der Waals surface area contributed by atoms with Crippen molar-refractivity contribution >= 4 is 29.1 Å². The van der Waals surface area contributed by atoms with Crippen molar-refractivity contribution in [3.63, 3.8) is 0 Å². The van der Waals surface area contributed by atoms with E-state index in [9.17, 15) is 0 Å². The molecule has 2 heterocycles. The van der Waals surface area contributed by atoms with Crippen molar-refractivity contribution in [2.45, 2.75) is 0 Å². The second kappa shape index (κ2) is 10.0. The van der Waals surface area contributed by atoms with Gasteiger partial charge in [-0.3, -0.25) is 0 Å². The number of ether oxygens (including phenoxy) is 3. The van der Waals surface area contributed by atoms with Crippen molar-refractivity contribution in [1.82, 2.24) is 15.3 Å². The van der Waals surface area contributed by atoms with Crippen LogP contribution >= 0.6 is 12.2 Å². The predicted octanol–water partition coefficient (Wildman–Crippen LogP) is 2.04. The maximum atomic E-state index is 5.90. The first kappa shape index (κ1) is 19.3. The minimum atomic E-state index is 0.375. The molecule has 0 radical (unpaired) electrons. The molecule has 1 aliphatic heterocycles. The summed E-state index contributed by atoms with van der Waals surface area (Å²) in [5.74, 6) is 2.29. The number of hydrogen-bond acceptors (Lipinski definition) is 7. The topological polar surface area (TPSA) is 80.8 Å². The molecule has 0 saturated carbocycles. The third kappa shape index (κ3) is 6.02. The highest BCUT2D eigenvalue weighted by Gasteiger charge is 2.16. The van der Waals surface area contributed by atoms with Gasteiger partial charge in [0.1, 0.15) is 11.6 Å². The second-order valence-corrected chi connectivity index (χ2v) is 6.18. The third-order valence-electron chi connectivity index (χ3n) is 3.81. The molecule has 9 heteroatoms. The zero-order valence-electron chi connectivity index (χ0n) is 15.2. The Balaban J connectivity index is 1.78. The molecule has 1 fully saturated rings. The number of benzene rings is 1. The number of nitrogens with one attached hydrogen (secondary N) is 2. The van der Waals surface area contributed by atoms with Gasteiger partial charge >= 0.3 is 0 Å². The van der Waals surface area contributed by atoms with Crippen LogP contribution in [0.5, 0.6) is 11.6 Å². The molecule has 2 N–H and O–H groups in total. The van der Waals surface area contributed by atoms with E-state index in [0.29, 0.717) is 49.1 Å². The van der Waals surface area contributed by atoms with Gasteiger partial charge in [-0.25, -0.2) is 0 Å². The number of hydrogen-bond donors (Lipinski definition) is 2. The van der Waals surface area contributed by atoms with Crippen LogP contribution in [0.4, 0.5) is 11.8 Å². The molecule has 1 aromatic heterocycles. The summed E-state index contributed by atoms with van der Waals surface area (Å²) in [7, 11) is 1.64. The molecular formula is C18H23N5O3S. The lowest BCUT2D eigenvalue weighted by Gasteiger charge is -2.28. The standard InChI is InChI=1S/C18H23N5O3S/c1-24-10-7-19-18(27)22-17-20-15(23-8-11-25-12-9-23)13-16(21-17)26-14-5-3-2-4-6-14/h2-6,13H,7-12H2,1H3,(H2,19,20,21,22,27). The van der Waals surface area contributed by atoms with Crippen LogP contribution in [-0.4, -0.2) is 61.6 Å². The number of rotatable bonds is 7. The van der Waals surface area contributed by atoms with Crippen LogP contribution in [0.2, 0.25) is 0 Å². The first-order valence-corrected chi connectivity index (χ1v) is 9.14. The molecule has 0 spiro atoms. The van der Waals surface area contributed by atoms with E-state index in [1.165, 1.54) is 0 Å². The van der Waals surface area contributed by atoms with Crippen LogP contribution in [0.1, 0.15) is 0 Å². The quantitative estimate of drug-likeness (QED) is 0.546. The molecule has 0 bridgehead atoms. The number of morpholine rings is 1. The van der Waals surface area contributed by atoms with Gasteiger partial charge in [0.15, 0.2) is 5.11 Å². The van der Waals surface area contributed by atoms with E-state index < -0.39 is 0 Å². The zero-order valence-corrected chi connectivity index (χ0v) is 16.0. The Morgan fingerprint density at radius 2 is 2.00 bits per heavy atom. The van der Waals surface area contributed by atoms with Gasteiger partial charge in [-0.05, 0) is 24.4 Å². The average Bonchev–Trinajstić information content (AvgIpc) is 2.69. The Morgan fingerprint density at radius 1 is 1.22 bits per heavy atom. The summed E-state index contributed by atoms with van der Waals surface area (Å²) in [4.78, 5) is 11.1. The maximum Gasteiger partial charge on any atom is 0.234 e. The van der Waals surface area contributed by atoms with Crippen LogP contribution in [0, 0.1) is 0 Å². The van der Waals surface area contributed by atoms with Gasteiger partial charge in [-0.15, -0.1) is 0 Å². The summed E-state index contributed by atoms with van der Waals surface area (Å²) in [5, 5.41) is 6.48. The van der Waals surface area contributed by atoms with Crippen molar-refractivity contribution < 1.29 is 14.2 Å². The Bertz CT molecular complexity index is 741. The van der Waals surface area contributed by atoms with Crippen molar-refractivity contribution in [2.24, 2.45) is 0 Å². The van der Waals surface area contributed by atoms with Crippen LogP contribution < -0.4 is 20.3 Å². The SMILES string of the molecule is COCCNC(=S)Nc1nc(Oc2ccccc2)cc(N2CCOCC2)n1. The van der Waals surface area contributed by atoms with Gasteiger partial charge < -0.3 is 29.7 Å². The molecule has 1 aromatic carbocycles. The predicted molar refractivity (Wildman–Crippen MR) is 108 cm³/mol. The van der Waals surface area contributed by atoms with E-state index in [-0.39, 0.29) is 0 Å². The van der Waals surface area contributed by atoms with Gasteiger partial charge in [0.2, 0.25) is 11.8 Å². The summed E-state index contributed by atoms with van der Waals surface area (Å²) in [6.45, 7) is 4.00. The minimum Gasteiger partial charge on any atom is -0.439 e. The van der Waals surface area contributed by atoms with E-state index in [1.807, 2.05) is 36.4 Å². The van der Waals surface area contributed by atoms with Gasteiger partial charge in [0.25, 0.3) is 0 Å². The summed E-state index contributed by atoms with van der Waals surface area (Å²) in [6, 6.07) is 11.3. The van der Waals surface area contributed by atoms with Crippen molar-refractivity contribution in [3.05, 3.63) is 36.4 Å². The number of thiocarbonyl (C=S) groups is 1. The van der Waals surface area contributed by atoms with Crippen LogP contribution in [0.3, 0.4) is 0 Å². The lowest BCUT2D eigenvalue weighted by atomic mass is 10.3. The normalized spacial score (nSPS) is 13.9. The fraction of sp³-hybridized carbons (Fsp3) is 0.389. The van der Waals surface area contributed by atoms with Gasteiger partial charge in [0.05, 0.1) is 19.8 Å². The first-order chi connectivity index (χ1) is 13.2. The zero-order chi connectivity index (χ0) is 18.9. The van der Waals surface area contributed by atoms with Crippen molar-refractivity contribution in [2.75, 3.05) is 56.8 Å². The molecule has 0 amide bonds. The Hall–Kier alpha value is -2.49. The lowest BCUT2D eigenvalue weighted by Crippen LogP contribution is -2.37. The van der Waals surface area contributed by atoms with Crippen LogP contribution in [-0.2, 0) is 9.47 Å². The molecule has 0 unspecified atom stereocenters. The first-order valence-electron chi connectivity index (χ1n) is 8.73. The number of methoxy groups -OCH3 is 1. The monoisotopic (exact) mass is 389 g/mol. The van der Waals surface area contributed by atoms with E-state index in [1.54, 1.807) is 7.11 Å². The molecule has 8 nitrogen and oxygen atoms in total. The van der Waals surface area contributed by atoms with Crippen molar-refractivity contribution in [3.8, 4) is 11.6 Å². The van der Waals surface area contributed by atoms with Crippen molar-refractivity contribution in [1.29, 1.82) is 0 Å². The van der Waals surface area contributed by atoms with Crippen LogP contribution in [0.15, 0.2) is 36.4 Å². The highest BCUT2D eigenvalue weighted by molar-refractivity contribution is 7.80. The van der Waals surface area contributed by atoms with E-state index in [0.717, 1.165) is 18.9 Å². The Kier molecular flexibility index (Phi) is 7.14. The van der Waals surface area contributed by atoms with Gasteiger partial charge in [-0.1, -0.05) is 18.2 Å². The Labute approximate surface area is 163 Å². The number of nitrogens with zero attached hydrogens (tertiary/aromatic N) is 3. The fourth-order valence-corrected chi connectivity index (χ4v) is 2.69. The second-order valence-electron chi connectivity index (χ2n) is 5.78. The highest BCUT2D eigenvalue weighted by atomic mass is 32.1. The van der Waals surface area contributed by atoms with Gasteiger partial charge in [0, 0.05) is 32.8 Å². The summed E-state index contributed by atoms with van der Waals surface area (Å²) >= 11 is 5.29. The minimum absolute atomic E-state index is 0.375. The smallest absolute Gasteiger partial charge is 0.234 e. The molecule has 2 aromatic rings. The molecule has 1 aliphatic rings. The largest absolute Gasteiger partial charge is 0.439 e. The number of para-hydroxylation sites is 1. The Morgan fingerprint density at radius 3 is 2.74 bits per heavy atom. The molecule has 0 atom stereocenters. The third-order valence-corrected chi connectivity index (χ3v) is 4.05. The lowest BCUT2D eigenvalue weighted by molar-refractivity contribution is 0.122. The molecule has 1 saturated heterocycles. The molecule has 3 rings (SSSR count). The summed E-state index contributed by atoms with van der Waals surface area (Å²) in [6.07, 6.45) is 0. The van der Waals surface area contributed by atoms with E-state index >= 15 is 0 Å². The number of aromatic nitrogens is 2. The van der Waals surface area contributed by atoms with Crippen LogP contribution in [0.25, 0.3) is 0 Å². The number of anilines is 2. The molecule has 27 heavy (non-hydrogen) atoms. The molecular weight excluding hydrogens is 366 g/mol. The average molecular weight is 389 g/mol. The van der Waals surface area contributed by atoms with E-state index in [2.05, 4.69) is 25.5 Å².